The van der Waals surface area contributed by atoms with Crippen molar-refractivity contribution < 1.29 is 4.74 Å². The summed E-state index contributed by atoms with van der Waals surface area (Å²) in [5.41, 5.74) is 0. The lowest BCUT2D eigenvalue weighted by Gasteiger charge is -2.14. The topological polar surface area (TPSA) is 9.23 Å². The lowest BCUT2D eigenvalue weighted by atomic mass is 10.0. The minimum absolute atomic E-state index is 0.0806. The van der Waals surface area contributed by atoms with E-state index in [0.29, 0.717) is 0 Å². The van der Waals surface area contributed by atoms with E-state index < -0.39 is 0 Å². The number of hydrogen-bond donors (Lipinski definition) is 0. The highest BCUT2D eigenvalue weighted by molar-refractivity contribution is 6.09. The maximum atomic E-state index is 6.03. The van der Waals surface area contributed by atoms with Gasteiger partial charge in [0, 0.05) is 5.39 Å². The molecule has 0 heterocycles. The summed E-state index contributed by atoms with van der Waals surface area (Å²) in [5.74, 6) is 0.943. The number of hydrogen-bond acceptors (Lipinski definition) is 1. The molecule has 0 aliphatic heterocycles. The Bertz CT molecular complexity index is 771. The second-order valence-electron chi connectivity index (χ2n) is 4.99. The Kier molecular flexibility index (Phi) is 3.42. The third-order valence-electron chi connectivity index (χ3n) is 3.52. The maximum absolute atomic E-state index is 6.03. The molecule has 1 unspecified atom stereocenters. The highest BCUT2D eigenvalue weighted by Crippen LogP contribution is 2.32. The summed E-state index contributed by atoms with van der Waals surface area (Å²) in [7, 11) is 0. The molecule has 0 aliphatic rings. The second-order valence-corrected chi connectivity index (χ2v) is 4.99. The van der Waals surface area contributed by atoms with Gasteiger partial charge in [-0.3, -0.25) is 0 Å². The molecule has 3 aromatic rings. The third-order valence-corrected chi connectivity index (χ3v) is 3.52. The van der Waals surface area contributed by atoms with Crippen molar-refractivity contribution >= 4 is 21.5 Å². The van der Waals surface area contributed by atoms with Crippen molar-refractivity contribution in [1.29, 1.82) is 0 Å². The van der Waals surface area contributed by atoms with Gasteiger partial charge < -0.3 is 4.74 Å². The van der Waals surface area contributed by atoms with Gasteiger partial charge in [-0.15, -0.1) is 0 Å². The average Bonchev–Trinajstić information content (AvgIpc) is 2.47. The molecule has 1 atom stereocenters. The first-order valence-corrected chi connectivity index (χ1v) is 6.99. The molecule has 0 N–H and O–H groups in total. The summed E-state index contributed by atoms with van der Waals surface area (Å²) in [6.07, 6.45) is 4.16. The highest BCUT2D eigenvalue weighted by atomic mass is 16.5. The fourth-order valence-corrected chi connectivity index (χ4v) is 2.62. The first kappa shape index (κ1) is 12.7. The number of fused-ring (bicyclic) bond motifs is 3. The molecule has 1 heteroatoms. The Hall–Kier alpha value is -2.28. The molecule has 0 aromatic heterocycles. The third kappa shape index (κ3) is 2.27. The zero-order chi connectivity index (χ0) is 13.9. The molecule has 0 saturated carbocycles. The van der Waals surface area contributed by atoms with Crippen LogP contribution in [0.25, 0.3) is 21.5 Å². The van der Waals surface area contributed by atoms with Crippen LogP contribution in [-0.4, -0.2) is 6.10 Å². The van der Waals surface area contributed by atoms with Gasteiger partial charge in [-0.2, -0.15) is 0 Å². The van der Waals surface area contributed by atoms with Gasteiger partial charge in [-0.1, -0.05) is 54.6 Å². The van der Waals surface area contributed by atoms with E-state index in [9.17, 15) is 0 Å². The first-order chi connectivity index (χ1) is 9.79. The van der Waals surface area contributed by atoms with Gasteiger partial charge in [0.05, 0.1) is 0 Å². The standard InChI is InChI=1S/C19H18O/c1-3-7-14(2)20-19-11-6-10-17-16-9-5-4-8-15(16)12-13-18(17)19/h3-14H,1-2H3. The predicted octanol–water partition coefficient (Wildman–Crippen LogP) is 5.34. The van der Waals surface area contributed by atoms with Gasteiger partial charge in [-0.05, 0) is 42.1 Å². The molecule has 0 saturated heterocycles. The van der Waals surface area contributed by atoms with Crippen LogP contribution in [0.4, 0.5) is 0 Å². The molecular weight excluding hydrogens is 244 g/mol. The van der Waals surface area contributed by atoms with Crippen LogP contribution in [-0.2, 0) is 0 Å². The van der Waals surface area contributed by atoms with E-state index in [4.69, 9.17) is 4.74 Å². The largest absolute Gasteiger partial charge is 0.486 e. The minimum Gasteiger partial charge on any atom is -0.486 e. The van der Waals surface area contributed by atoms with Crippen LogP contribution in [0, 0.1) is 0 Å². The minimum atomic E-state index is 0.0806. The lowest BCUT2D eigenvalue weighted by molar-refractivity contribution is 0.273. The summed E-state index contributed by atoms with van der Waals surface area (Å²) < 4.78 is 6.03. The van der Waals surface area contributed by atoms with Crippen LogP contribution in [0.2, 0.25) is 0 Å². The zero-order valence-electron chi connectivity index (χ0n) is 11.8. The van der Waals surface area contributed by atoms with Gasteiger partial charge in [0.25, 0.3) is 0 Å². The molecule has 1 nitrogen and oxygen atoms in total. The number of benzene rings is 3. The number of allylic oxidation sites excluding steroid dienone is 1. The Morgan fingerprint density at radius 3 is 2.50 bits per heavy atom. The molecule has 0 amide bonds. The molecule has 3 rings (SSSR count). The van der Waals surface area contributed by atoms with Crippen molar-refractivity contribution in [2.45, 2.75) is 20.0 Å². The normalized spacial score (nSPS) is 13.1. The van der Waals surface area contributed by atoms with Gasteiger partial charge in [0.1, 0.15) is 11.9 Å². The maximum Gasteiger partial charge on any atom is 0.128 e. The number of rotatable bonds is 3. The monoisotopic (exact) mass is 262 g/mol. The molecule has 0 fully saturated rings. The average molecular weight is 262 g/mol. The fourth-order valence-electron chi connectivity index (χ4n) is 2.62. The lowest BCUT2D eigenvalue weighted by Crippen LogP contribution is -2.07. The van der Waals surface area contributed by atoms with Gasteiger partial charge in [0.2, 0.25) is 0 Å². The van der Waals surface area contributed by atoms with Crippen LogP contribution < -0.4 is 4.74 Å². The SMILES string of the molecule is CC=CC(C)Oc1cccc2c1ccc1ccccc12. The van der Waals surface area contributed by atoms with Crippen molar-refractivity contribution in [2.75, 3.05) is 0 Å². The van der Waals surface area contributed by atoms with Crippen LogP contribution >= 0.6 is 0 Å². The van der Waals surface area contributed by atoms with Crippen molar-refractivity contribution in [3.05, 3.63) is 66.7 Å². The van der Waals surface area contributed by atoms with Crippen molar-refractivity contribution in [1.82, 2.24) is 0 Å². The van der Waals surface area contributed by atoms with E-state index in [1.165, 1.54) is 21.5 Å². The van der Waals surface area contributed by atoms with Crippen LogP contribution in [0.3, 0.4) is 0 Å². The van der Waals surface area contributed by atoms with E-state index in [1.807, 2.05) is 19.1 Å². The molecule has 0 bridgehead atoms. The first-order valence-electron chi connectivity index (χ1n) is 6.99. The molecule has 0 spiro atoms. The van der Waals surface area contributed by atoms with Crippen molar-refractivity contribution in [3.63, 3.8) is 0 Å². The summed E-state index contributed by atoms with van der Waals surface area (Å²) in [4.78, 5) is 0. The molecule has 3 aromatic carbocycles. The molecule has 0 radical (unpaired) electrons. The quantitative estimate of drug-likeness (QED) is 0.457. The molecule has 20 heavy (non-hydrogen) atoms. The molecule has 0 aliphatic carbocycles. The van der Waals surface area contributed by atoms with Crippen LogP contribution in [0.15, 0.2) is 66.7 Å². The second kappa shape index (κ2) is 5.38. The smallest absolute Gasteiger partial charge is 0.128 e. The van der Waals surface area contributed by atoms with Gasteiger partial charge >= 0.3 is 0 Å². The van der Waals surface area contributed by atoms with Gasteiger partial charge in [-0.25, -0.2) is 0 Å². The summed E-state index contributed by atoms with van der Waals surface area (Å²) >= 11 is 0. The zero-order valence-corrected chi connectivity index (χ0v) is 11.8. The summed E-state index contributed by atoms with van der Waals surface area (Å²) in [6, 6.07) is 19.0. The Morgan fingerprint density at radius 1 is 0.850 bits per heavy atom. The van der Waals surface area contributed by atoms with E-state index >= 15 is 0 Å². The fraction of sp³-hybridized carbons (Fsp3) is 0.158. The number of ether oxygens (including phenoxy) is 1. The van der Waals surface area contributed by atoms with E-state index in [0.717, 1.165) is 5.75 Å². The van der Waals surface area contributed by atoms with E-state index in [1.54, 1.807) is 0 Å². The Labute approximate surface area is 119 Å². The van der Waals surface area contributed by atoms with E-state index in [-0.39, 0.29) is 6.10 Å². The summed E-state index contributed by atoms with van der Waals surface area (Å²) in [5, 5.41) is 4.95. The van der Waals surface area contributed by atoms with E-state index in [2.05, 4.69) is 61.5 Å². The molecule has 100 valence electrons. The van der Waals surface area contributed by atoms with Crippen molar-refractivity contribution in [2.24, 2.45) is 0 Å². The predicted molar refractivity (Wildman–Crippen MR) is 86.4 cm³/mol. The van der Waals surface area contributed by atoms with Gasteiger partial charge in [0.15, 0.2) is 0 Å². The molecular formula is C19H18O. The Balaban J connectivity index is 2.17. The Morgan fingerprint density at radius 2 is 1.65 bits per heavy atom. The highest BCUT2D eigenvalue weighted by Gasteiger charge is 2.07. The van der Waals surface area contributed by atoms with Crippen molar-refractivity contribution in [3.8, 4) is 5.75 Å². The summed E-state index contributed by atoms with van der Waals surface area (Å²) in [6.45, 7) is 4.07. The van der Waals surface area contributed by atoms with Crippen LogP contribution in [0.5, 0.6) is 5.75 Å². The van der Waals surface area contributed by atoms with Crippen LogP contribution in [0.1, 0.15) is 13.8 Å².